The van der Waals surface area contributed by atoms with Crippen LogP contribution in [0.1, 0.15) is 139 Å². The Morgan fingerprint density at radius 1 is 0.639 bits per heavy atom. The van der Waals surface area contributed by atoms with Crippen molar-refractivity contribution in [1.82, 2.24) is 0 Å². The first kappa shape index (κ1) is 52.6. The summed E-state index contributed by atoms with van der Waals surface area (Å²) in [7, 11) is -9.74. The molecule has 72 heavy (non-hydrogen) atoms. The molecule has 0 unspecified atom stereocenters. The van der Waals surface area contributed by atoms with Crippen LogP contribution in [0, 0.1) is 5.92 Å². The van der Waals surface area contributed by atoms with Crippen molar-refractivity contribution in [3.05, 3.63) is 11.3 Å². The van der Waals surface area contributed by atoms with Gasteiger partial charge in [0.15, 0.2) is 11.5 Å². The minimum Gasteiger partial charge on any atom is -0.484 e. The molecule has 0 saturated carbocycles. The monoisotopic (exact) mass is 1060 g/mol. The van der Waals surface area contributed by atoms with Gasteiger partial charge in [-0.2, -0.15) is 16.8 Å². The van der Waals surface area contributed by atoms with Crippen LogP contribution >= 0.6 is 0 Å². The smallest absolute Gasteiger partial charge is 0.397 e. The second kappa shape index (κ2) is 18.3. The Kier molecular flexibility index (Phi) is 13.4. The van der Waals surface area contributed by atoms with Crippen molar-refractivity contribution >= 4 is 26.6 Å². The van der Waals surface area contributed by atoms with Crippen LogP contribution < -0.4 is 0 Å². The summed E-state index contributed by atoms with van der Waals surface area (Å²) in [4.78, 5) is 12.4. The number of hydrogen-bond acceptors (Lipinski definition) is 19. The van der Waals surface area contributed by atoms with Crippen LogP contribution in [-0.2, 0) is 86.1 Å². The molecule has 11 aliphatic heterocycles. The molecule has 24 atom stereocenters. The van der Waals surface area contributed by atoms with Gasteiger partial charge in [0.25, 0.3) is 0 Å². The Morgan fingerprint density at radius 3 is 1.94 bits per heavy atom. The highest BCUT2D eigenvalue weighted by molar-refractivity contribution is 7.81. The molecule has 3 N–H and O–H groups in total. The van der Waals surface area contributed by atoms with Gasteiger partial charge >= 0.3 is 20.8 Å². The molecule has 23 heteroatoms. The van der Waals surface area contributed by atoms with E-state index in [1.54, 1.807) is 0 Å². The second-order valence-electron chi connectivity index (χ2n) is 24.1. The van der Waals surface area contributed by atoms with Crippen molar-refractivity contribution in [3.8, 4) is 0 Å². The molecule has 11 rings (SSSR count). The lowest BCUT2D eigenvalue weighted by molar-refractivity contribution is -0.365. The van der Waals surface area contributed by atoms with Gasteiger partial charge in [0, 0.05) is 64.7 Å². The zero-order valence-electron chi connectivity index (χ0n) is 42.4. The van der Waals surface area contributed by atoms with E-state index in [-0.39, 0.29) is 85.6 Å². The maximum atomic E-state index is 12.4. The van der Waals surface area contributed by atoms with Crippen LogP contribution in [0.25, 0.3) is 0 Å². The number of aliphatic hydroxyl groups excluding tert-OH is 1. The molecule has 10 fully saturated rings. The second-order valence-corrected chi connectivity index (χ2v) is 26.2. The van der Waals surface area contributed by atoms with Gasteiger partial charge in [-0.3, -0.25) is 13.9 Å². The molecule has 21 nitrogen and oxygen atoms in total. The third-order valence-corrected chi connectivity index (χ3v) is 19.8. The van der Waals surface area contributed by atoms with Gasteiger partial charge in [-0.15, -0.1) is 0 Å². The van der Waals surface area contributed by atoms with Gasteiger partial charge < -0.3 is 57.2 Å². The van der Waals surface area contributed by atoms with Crippen molar-refractivity contribution in [2.45, 2.75) is 277 Å². The predicted octanol–water partition coefficient (Wildman–Crippen LogP) is 3.95. The maximum Gasteiger partial charge on any atom is 0.397 e. The number of aliphatic hydroxyl groups is 1. The summed E-state index contributed by atoms with van der Waals surface area (Å²) in [6.07, 6.45) is -2.71. The lowest BCUT2D eigenvalue weighted by Gasteiger charge is -2.60. The summed E-state index contributed by atoms with van der Waals surface area (Å²) in [6, 6.07) is 0. The van der Waals surface area contributed by atoms with E-state index < -0.39 is 104 Å². The zero-order chi connectivity index (χ0) is 51.3. The molecule has 10 saturated heterocycles. The van der Waals surface area contributed by atoms with Gasteiger partial charge in [-0.25, -0.2) is 8.37 Å². The molecule has 0 aliphatic carbocycles. The summed E-state index contributed by atoms with van der Waals surface area (Å²) in [6.45, 7) is 14.7. The molecule has 11 aliphatic rings. The van der Waals surface area contributed by atoms with E-state index in [9.17, 15) is 35.8 Å². The van der Waals surface area contributed by atoms with Crippen LogP contribution in [0.2, 0.25) is 0 Å². The van der Waals surface area contributed by atoms with Crippen LogP contribution in [0.4, 0.5) is 0 Å². The molecule has 0 aromatic heterocycles. The fourth-order valence-electron chi connectivity index (χ4n) is 14.8. The number of fused-ring (bicyclic) bond motifs is 10. The van der Waals surface area contributed by atoms with Crippen LogP contribution in [0.3, 0.4) is 0 Å². The third-order valence-electron chi connectivity index (χ3n) is 18.8. The number of carbonyl (C=O) groups excluding carboxylic acids is 1. The molecule has 0 aromatic rings. The van der Waals surface area contributed by atoms with E-state index in [1.807, 2.05) is 20.8 Å². The van der Waals surface area contributed by atoms with Crippen LogP contribution in [0.5, 0.6) is 0 Å². The SMILES string of the molecule is CC(=O)C1=C(C)C[C@@H]2O[C@@]3(C)[C@H](C[C@H]2O1)O[C@@H]1C[C@@H]2O[C@@H]4C[C@@H]5O[C@@H]6C[C@@H]7O[C@]8(C)C[C@@H]9O[C@](C)(CCOS(=O)(=O)O)[C@@H](OS(=O)(=O)O)C[C@H]9O[C@H]8C[C@H]7O[C@H]6CC[C@@]5(C)O[C@@]4(C)CC[C@H](C)[C@H]2O[C@H]1[C@H]3O. The quantitative estimate of drug-likeness (QED) is 0.305. The highest BCUT2D eigenvalue weighted by Gasteiger charge is 2.65. The Hall–Kier alpha value is -1.49. The highest BCUT2D eigenvalue weighted by atomic mass is 32.3. The average Bonchev–Trinajstić information content (AvgIpc) is 3.39. The fourth-order valence-corrected chi connectivity index (χ4v) is 15.7. The van der Waals surface area contributed by atoms with Crippen molar-refractivity contribution in [2.75, 3.05) is 6.61 Å². The number of hydrogen-bond donors (Lipinski definition) is 3. The van der Waals surface area contributed by atoms with E-state index in [4.69, 9.17) is 56.3 Å². The number of carbonyl (C=O) groups is 1. The van der Waals surface area contributed by atoms with Gasteiger partial charge in [0.2, 0.25) is 0 Å². The lowest BCUT2D eigenvalue weighted by atomic mass is 9.73. The van der Waals surface area contributed by atoms with Gasteiger partial charge in [0.05, 0.1) is 114 Å². The summed E-state index contributed by atoms with van der Waals surface area (Å²) >= 11 is 0. The highest BCUT2D eigenvalue weighted by Crippen LogP contribution is 2.54. The zero-order valence-corrected chi connectivity index (χ0v) is 44.0. The first-order valence-electron chi connectivity index (χ1n) is 26.1. The van der Waals surface area contributed by atoms with Crippen molar-refractivity contribution in [3.63, 3.8) is 0 Å². The van der Waals surface area contributed by atoms with Crippen molar-refractivity contribution in [1.29, 1.82) is 0 Å². The Labute approximate surface area is 422 Å². The van der Waals surface area contributed by atoms with E-state index in [2.05, 4.69) is 25.0 Å². The van der Waals surface area contributed by atoms with E-state index in [1.165, 1.54) is 13.8 Å². The van der Waals surface area contributed by atoms with Gasteiger partial charge in [-0.05, 0) is 78.7 Å². The number of ketones is 1. The molecule has 0 spiro atoms. The molecular weight excluding hydrogens is 989 g/mol. The Morgan fingerprint density at radius 2 is 1.25 bits per heavy atom. The number of ether oxygens (including phenoxy) is 11. The maximum absolute atomic E-state index is 12.4. The first-order valence-corrected chi connectivity index (χ1v) is 28.9. The minimum atomic E-state index is -4.95. The average molecular weight is 1060 g/mol. The molecular formula is C49H74O21S2. The van der Waals surface area contributed by atoms with Crippen LogP contribution in [-0.4, -0.2) is 181 Å². The van der Waals surface area contributed by atoms with Gasteiger partial charge in [0.1, 0.15) is 30.0 Å². The molecule has 0 bridgehead atoms. The van der Waals surface area contributed by atoms with E-state index >= 15 is 0 Å². The summed E-state index contributed by atoms with van der Waals surface area (Å²) < 4.78 is 151. The molecule has 0 amide bonds. The predicted molar refractivity (Wildman–Crippen MR) is 247 cm³/mol. The minimum absolute atomic E-state index is 0.00357. The topological polar surface area (TPSA) is 266 Å². The summed E-state index contributed by atoms with van der Waals surface area (Å²) in [5.74, 6) is 0.345. The Bertz CT molecular complexity index is 2370. The number of allylic oxidation sites excluding steroid dienone is 1. The summed E-state index contributed by atoms with van der Waals surface area (Å²) in [5, 5.41) is 12.2. The lowest BCUT2D eigenvalue weighted by Crippen LogP contribution is -2.73. The van der Waals surface area contributed by atoms with Crippen LogP contribution in [0.15, 0.2) is 11.3 Å². The third kappa shape index (κ3) is 9.48. The Balaban J connectivity index is 0.769. The van der Waals surface area contributed by atoms with E-state index in [0.29, 0.717) is 63.5 Å². The van der Waals surface area contributed by atoms with Crippen molar-refractivity contribution in [2.24, 2.45) is 5.92 Å². The standard InChI is InChI=1S/C49H74O21S2/c1-23-9-11-46(5)38(62-33-17-34-43(65-42(23)33)44(51)49(8)40(63-34)20-29-31(68-49)15-24(2)41(64-29)25(3)50)21-37-47(6,70-46)12-10-26-27(60-37)16-32-28(59-26)18-36-48(7,66-32)22-35-30(61-36)19-39(69-72(55,56)57)45(4,67-35)13-14-58-71(52,53)54/h23,26-40,42-44,51H,9-22H2,1-8H3,(H,52,53,54)(H,55,56,57)/t23-,26-,27+,28+,29+,30+,31-,32-,33-,34+,35-,36-,37-,38+,39-,40-,42+,43+,44+,45+,46-,47+,48+,49-/m0/s1. The summed E-state index contributed by atoms with van der Waals surface area (Å²) in [5.41, 5.74) is -3.82. The van der Waals surface area contributed by atoms with Crippen molar-refractivity contribution < 1.29 is 96.3 Å². The van der Waals surface area contributed by atoms with E-state index in [0.717, 1.165) is 18.4 Å². The molecule has 0 radical (unpaired) electrons. The first-order chi connectivity index (χ1) is 33.6. The molecule has 0 aromatic carbocycles. The fraction of sp³-hybridized carbons (Fsp3) is 0.939. The molecule has 408 valence electrons. The largest absolute Gasteiger partial charge is 0.484 e. The number of rotatable bonds is 7. The molecule has 11 heterocycles. The normalized spacial score (nSPS) is 53.2. The number of Topliss-reactive ketones (excluding diaryl/α,β-unsaturated/α-hetero) is 1. The van der Waals surface area contributed by atoms with Gasteiger partial charge in [-0.1, -0.05) is 6.92 Å².